The normalized spacial score (nSPS) is 8.21. The van der Waals surface area contributed by atoms with Crippen molar-refractivity contribution in [2.45, 2.75) is 41.5 Å². The van der Waals surface area contributed by atoms with Crippen LogP contribution in [-0.2, 0) is 28.5 Å². The first-order valence-corrected chi connectivity index (χ1v) is 9.14. The highest BCUT2D eigenvalue weighted by Crippen LogP contribution is 1.79. The summed E-state index contributed by atoms with van der Waals surface area (Å²) in [5.41, 5.74) is 0. The van der Waals surface area contributed by atoms with Crippen LogP contribution in [0.25, 0.3) is 0 Å². The van der Waals surface area contributed by atoms with Gasteiger partial charge in [-0.15, -0.1) is 0 Å². The fourth-order valence-electron chi connectivity index (χ4n) is 0.779. The second-order valence-electron chi connectivity index (χ2n) is 4.14. The zero-order valence-electron chi connectivity index (χ0n) is 18.3. The predicted molar refractivity (Wildman–Crippen MR) is 106 cm³/mol. The molecule has 0 atom stereocenters. The maximum atomic E-state index is 10.1. The second-order valence-corrected chi connectivity index (χ2v) is 4.14. The molecule has 28 heavy (non-hydrogen) atoms. The largest absolute Gasteiger partial charge is 0.462 e. The van der Waals surface area contributed by atoms with Gasteiger partial charge in [0.2, 0.25) is 0 Å². The molecule has 0 aromatic heterocycles. The molecule has 174 valence electrons. The number of aliphatic hydroxyl groups excluding tert-OH is 4. The lowest BCUT2D eigenvalue weighted by molar-refractivity contribution is -0.149. The Bertz CT molecular complexity index is 229. The summed E-state index contributed by atoms with van der Waals surface area (Å²) in [6, 6.07) is 0. The van der Waals surface area contributed by atoms with Crippen LogP contribution in [-0.4, -0.2) is 98.4 Å². The van der Waals surface area contributed by atoms with Crippen molar-refractivity contribution in [3.63, 3.8) is 0 Å². The monoisotopic (exact) mass is 418 g/mol. The lowest BCUT2D eigenvalue weighted by Gasteiger charge is -2.00. The summed E-state index contributed by atoms with van der Waals surface area (Å²) in [6.45, 7) is 13.7. The van der Waals surface area contributed by atoms with E-state index in [4.69, 9.17) is 29.9 Å². The van der Waals surface area contributed by atoms with E-state index in [2.05, 4.69) is 9.47 Å². The minimum absolute atomic E-state index is 0.125. The standard InChI is InChI=1S/C6H10O4.2C4H10O.2C2H6O2/c1-5(7)9-3-4-10-6(2)8;2*1-3-5-4-2;2*3-1-2-4/h3-4H2,1-2H3;2*3-4H2,1-2H3;2*3-4H,1-2H2. The zero-order chi connectivity index (χ0) is 23.1. The van der Waals surface area contributed by atoms with Gasteiger partial charge in [0.15, 0.2) is 0 Å². The zero-order valence-corrected chi connectivity index (χ0v) is 18.3. The molecular weight excluding hydrogens is 376 g/mol. The summed E-state index contributed by atoms with van der Waals surface area (Å²) in [5.74, 6) is -0.737. The molecule has 4 N–H and O–H groups in total. The summed E-state index contributed by atoms with van der Waals surface area (Å²) >= 11 is 0. The number of carbonyl (C=O) groups is 2. The third-order valence-electron chi connectivity index (χ3n) is 1.71. The SMILES string of the molecule is CC(=O)OCCOC(C)=O.CCOCC.CCOCC.OCCO.OCCO. The first-order chi connectivity index (χ1) is 13.3. The van der Waals surface area contributed by atoms with Gasteiger partial charge in [0.25, 0.3) is 0 Å². The highest BCUT2D eigenvalue weighted by molar-refractivity contribution is 5.66. The average Bonchev–Trinajstić information content (AvgIpc) is 2.67. The average molecular weight is 419 g/mol. The van der Waals surface area contributed by atoms with Gasteiger partial charge in [-0.3, -0.25) is 9.59 Å². The van der Waals surface area contributed by atoms with E-state index in [1.54, 1.807) is 0 Å². The Hall–Kier alpha value is -1.30. The molecule has 0 aliphatic rings. The van der Waals surface area contributed by atoms with Crippen molar-refractivity contribution in [1.82, 2.24) is 0 Å². The molecule has 0 aliphatic heterocycles. The van der Waals surface area contributed by atoms with Crippen molar-refractivity contribution in [3.05, 3.63) is 0 Å². The second kappa shape index (κ2) is 44.8. The molecule has 0 radical (unpaired) electrons. The van der Waals surface area contributed by atoms with Crippen molar-refractivity contribution in [2.75, 3.05) is 66.1 Å². The van der Waals surface area contributed by atoms with Gasteiger partial charge in [0, 0.05) is 40.3 Å². The van der Waals surface area contributed by atoms with Crippen molar-refractivity contribution < 1.29 is 49.0 Å². The van der Waals surface area contributed by atoms with Crippen LogP contribution in [0.5, 0.6) is 0 Å². The Balaban J connectivity index is -0.0000000842. The first kappa shape index (κ1) is 37.5. The highest BCUT2D eigenvalue weighted by Gasteiger charge is 1.94. The van der Waals surface area contributed by atoms with Gasteiger partial charge in [-0.05, 0) is 27.7 Å². The Morgan fingerprint density at radius 3 is 0.857 bits per heavy atom. The van der Waals surface area contributed by atoms with Gasteiger partial charge in [-0.1, -0.05) is 0 Å². The number of carbonyl (C=O) groups excluding carboxylic acids is 2. The maximum absolute atomic E-state index is 10.1. The van der Waals surface area contributed by atoms with E-state index in [1.165, 1.54) is 13.8 Å². The molecule has 0 spiro atoms. The van der Waals surface area contributed by atoms with Gasteiger partial charge in [0.05, 0.1) is 26.4 Å². The number of hydrogen-bond acceptors (Lipinski definition) is 10. The molecule has 10 nitrogen and oxygen atoms in total. The molecule has 10 heteroatoms. The summed E-state index contributed by atoms with van der Waals surface area (Å²) in [5, 5.41) is 30.5. The lowest BCUT2D eigenvalue weighted by Crippen LogP contribution is -2.09. The van der Waals surface area contributed by atoms with Gasteiger partial charge >= 0.3 is 11.9 Å². The van der Waals surface area contributed by atoms with Gasteiger partial charge in [0.1, 0.15) is 13.2 Å². The molecule has 0 fully saturated rings. The fourth-order valence-corrected chi connectivity index (χ4v) is 0.779. The molecule has 0 heterocycles. The Labute approximate surface area is 169 Å². The van der Waals surface area contributed by atoms with Crippen molar-refractivity contribution in [3.8, 4) is 0 Å². The van der Waals surface area contributed by atoms with E-state index in [9.17, 15) is 9.59 Å². The Morgan fingerprint density at radius 2 is 0.786 bits per heavy atom. The molecule has 0 aromatic rings. The molecule has 0 aromatic carbocycles. The van der Waals surface area contributed by atoms with Crippen molar-refractivity contribution in [1.29, 1.82) is 0 Å². The molecule has 0 rings (SSSR count). The van der Waals surface area contributed by atoms with Crippen molar-refractivity contribution >= 4 is 11.9 Å². The van der Waals surface area contributed by atoms with Crippen LogP contribution < -0.4 is 0 Å². The molecular formula is C18H42O10. The third kappa shape index (κ3) is 101. The maximum Gasteiger partial charge on any atom is 0.302 e. The topological polar surface area (TPSA) is 152 Å². The predicted octanol–water partition coefficient (Wildman–Crippen LogP) is 0.140. The first-order valence-electron chi connectivity index (χ1n) is 9.14. The number of hydrogen-bond donors (Lipinski definition) is 4. The van der Waals surface area contributed by atoms with Gasteiger partial charge in [-0.25, -0.2) is 0 Å². The third-order valence-corrected chi connectivity index (χ3v) is 1.71. The van der Waals surface area contributed by atoms with E-state index in [0.29, 0.717) is 0 Å². The van der Waals surface area contributed by atoms with Crippen LogP contribution in [0.2, 0.25) is 0 Å². The lowest BCUT2D eigenvalue weighted by atomic mass is 10.7. The molecule has 0 saturated carbocycles. The summed E-state index contributed by atoms with van der Waals surface area (Å²) in [4.78, 5) is 20.3. The van der Waals surface area contributed by atoms with Crippen LogP contribution in [0.15, 0.2) is 0 Å². The summed E-state index contributed by atoms with van der Waals surface area (Å²) in [7, 11) is 0. The Kier molecular flexibility index (Phi) is 60.0. The van der Waals surface area contributed by atoms with E-state index < -0.39 is 0 Å². The molecule has 0 bridgehead atoms. The van der Waals surface area contributed by atoms with Crippen LogP contribution in [0.1, 0.15) is 41.5 Å². The van der Waals surface area contributed by atoms with Crippen LogP contribution in [0, 0.1) is 0 Å². The molecule has 0 saturated heterocycles. The Morgan fingerprint density at radius 1 is 0.571 bits per heavy atom. The van der Waals surface area contributed by atoms with E-state index >= 15 is 0 Å². The minimum atomic E-state index is -0.368. The highest BCUT2D eigenvalue weighted by atomic mass is 16.6. The van der Waals surface area contributed by atoms with Crippen molar-refractivity contribution in [2.24, 2.45) is 0 Å². The number of ether oxygens (including phenoxy) is 4. The quantitative estimate of drug-likeness (QED) is 0.300. The van der Waals surface area contributed by atoms with E-state index in [-0.39, 0.29) is 51.6 Å². The van der Waals surface area contributed by atoms with E-state index in [0.717, 1.165) is 26.4 Å². The summed E-state index contributed by atoms with van der Waals surface area (Å²) < 4.78 is 18.6. The fraction of sp³-hybridized carbons (Fsp3) is 0.889. The number of rotatable bonds is 9. The molecule has 0 aliphatic carbocycles. The van der Waals surface area contributed by atoms with Crippen LogP contribution in [0.4, 0.5) is 0 Å². The van der Waals surface area contributed by atoms with Crippen LogP contribution in [0.3, 0.4) is 0 Å². The van der Waals surface area contributed by atoms with Gasteiger partial charge in [-0.2, -0.15) is 0 Å². The summed E-state index contributed by atoms with van der Waals surface area (Å²) in [6.07, 6.45) is 0. The molecule has 0 amide bonds. The smallest absolute Gasteiger partial charge is 0.302 e. The molecule has 0 unspecified atom stereocenters. The minimum Gasteiger partial charge on any atom is -0.462 e. The van der Waals surface area contributed by atoms with Crippen LogP contribution >= 0.6 is 0 Å². The number of aliphatic hydroxyl groups is 4. The number of esters is 2. The van der Waals surface area contributed by atoms with E-state index in [1.807, 2.05) is 27.7 Å². The van der Waals surface area contributed by atoms with Gasteiger partial charge < -0.3 is 39.4 Å².